The summed E-state index contributed by atoms with van der Waals surface area (Å²) in [6.07, 6.45) is 3.97. The van der Waals surface area contributed by atoms with Crippen LogP contribution in [0.25, 0.3) is 0 Å². The van der Waals surface area contributed by atoms with E-state index in [0.29, 0.717) is 31.5 Å². The van der Waals surface area contributed by atoms with E-state index >= 15 is 0 Å². The fourth-order valence-electron chi connectivity index (χ4n) is 4.64. The van der Waals surface area contributed by atoms with Gasteiger partial charge < -0.3 is 4.90 Å². The lowest BCUT2D eigenvalue weighted by atomic mass is 9.88. The van der Waals surface area contributed by atoms with Crippen LogP contribution in [0.15, 0.2) is 48.5 Å². The smallest absolute Gasteiger partial charge is 0.223 e. The minimum atomic E-state index is -0.359. The minimum absolute atomic E-state index is 0.000382. The van der Waals surface area contributed by atoms with E-state index in [-0.39, 0.29) is 41.5 Å². The Bertz CT molecular complexity index is 945. The zero-order valence-electron chi connectivity index (χ0n) is 17.0. The van der Waals surface area contributed by atoms with Crippen LogP contribution in [0.3, 0.4) is 0 Å². The maximum atomic E-state index is 13.1. The summed E-state index contributed by atoms with van der Waals surface area (Å²) in [7, 11) is 0. The van der Waals surface area contributed by atoms with Crippen molar-refractivity contribution in [2.24, 2.45) is 11.8 Å². The van der Waals surface area contributed by atoms with Gasteiger partial charge in [-0.1, -0.05) is 24.3 Å². The second-order valence-corrected chi connectivity index (χ2v) is 8.34. The first-order valence-corrected chi connectivity index (χ1v) is 10.7. The first-order chi connectivity index (χ1) is 14.5. The average Bonchev–Trinajstić information content (AvgIpc) is 2.93. The molecule has 5 heteroatoms. The quantitative estimate of drug-likeness (QED) is 0.555. The van der Waals surface area contributed by atoms with Gasteiger partial charge in [-0.3, -0.25) is 14.4 Å². The van der Waals surface area contributed by atoms with Gasteiger partial charge in [0.1, 0.15) is 5.82 Å². The highest BCUT2D eigenvalue weighted by atomic mass is 19.1. The molecule has 0 spiro atoms. The number of likely N-dealkylation sites (tertiary alicyclic amines) is 1. The van der Waals surface area contributed by atoms with E-state index in [1.807, 2.05) is 24.3 Å². The Labute approximate surface area is 176 Å². The molecule has 156 valence electrons. The zero-order valence-corrected chi connectivity index (χ0v) is 17.0. The highest BCUT2D eigenvalue weighted by Gasteiger charge is 2.32. The van der Waals surface area contributed by atoms with Crippen LogP contribution in [0.2, 0.25) is 0 Å². The molecule has 1 amide bonds. The number of halogens is 1. The third kappa shape index (κ3) is 4.35. The normalized spacial score (nSPS) is 19.8. The number of amides is 1. The van der Waals surface area contributed by atoms with Gasteiger partial charge in [0.15, 0.2) is 11.6 Å². The summed E-state index contributed by atoms with van der Waals surface area (Å²) >= 11 is 0. The minimum Gasteiger partial charge on any atom is -0.343 e. The summed E-state index contributed by atoms with van der Waals surface area (Å²) < 4.78 is 13.1. The standard InChI is InChI=1S/C25H26FNO3/c26-21-10-8-18(9-11-21)24(29)19-12-14-27(15-13-19)23(28)16-20-6-3-5-17-4-1-2-7-22(17)25(20)30/h1-2,4,7-11,19-20H,3,5-6,12-16H2. The highest BCUT2D eigenvalue weighted by molar-refractivity contribution is 6.01. The molecule has 1 unspecified atom stereocenters. The maximum absolute atomic E-state index is 13.1. The van der Waals surface area contributed by atoms with Crippen LogP contribution in [0.1, 0.15) is 58.4 Å². The molecule has 1 aliphatic carbocycles. The van der Waals surface area contributed by atoms with Crippen molar-refractivity contribution in [2.75, 3.05) is 13.1 Å². The fourth-order valence-corrected chi connectivity index (χ4v) is 4.64. The average molecular weight is 407 g/mol. The molecule has 1 heterocycles. The second kappa shape index (κ2) is 8.90. The van der Waals surface area contributed by atoms with Crippen LogP contribution < -0.4 is 0 Å². The third-order valence-corrected chi connectivity index (χ3v) is 6.42. The number of fused-ring (bicyclic) bond motifs is 1. The molecular formula is C25H26FNO3. The van der Waals surface area contributed by atoms with Crippen LogP contribution in [0, 0.1) is 17.7 Å². The number of carbonyl (C=O) groups is 3. The van der Waals surface area contributed by atoms with Gasteiger partial charge in [0, 0.05) is 42.5 Å². The number of piperidine rings is 1. The molecule has 1 saturated heterocycles. The molecule has 1 aliphatic heterocycles. The van der Waals surface area contributed by atoms with Crippen molar-refractivity contribution in [2.45, 2.75) is 38.5 Å². The molecule has 30 heavy (non-hydrogen) atoms. The predicted molar refractivity (Wildman–Crippen MR) is 112 cm³/mol. The Morgan fingerprint density at radius 1 is 0.967 bits per heavy atom. The molecule has 0 saturated carbocycles. The van der Waals surface area contributed by atoms with E-state index in [4.69, 9.17) is 0 Å². The molecule has 4 nitrogen and oxygen atoms in total. The van der Waals surface area contributed by atoms with Crippen LogP contribution in [0.4, 0.5) is 4.39 Å². The summed E-state index contributed by atoms with van der Waals surface area (Å²) in [6, 6.07) is 13.3. The van der Waals surface area contributed by atoms with E-state index in [0.717, 1.165) is 30.4 Å². The molecule has 2 aliphatic rings. The van der Waals surface area contributed by atoms with Gasteiger partial charge in [-0.25, -0.2) is 4.39 Å². The monoisotopic (exact) mass is 407 g/mol. The first-order valence-electron chi connectivity index (χ1n) is 10.7. The van der Waals surface area contributed by atoms with Gasteiger partial charge in [-0.15, -0.1) is 0 Å². The summed E-state index contributed by atoms with van der Waals surface area (Å²) in [5, 5.41) is 0. The van der Waals surface area contributed by atoms with Gasteiger partial charge in [0.2, 0.25) is 5.91 Å². The second-order valence-electron chi connectivity index (χ2n) is 8.34. The Kier molecular flexibility index (Phi) is 6.07. The van der Waals surface area contributed by atoms with Crippen LogP contribution >= 0.6 is 0 Å². The van der Waals surface area contributed by atoms with Gasteiger partial charge in [-0.2, -0.15) is 0 Å². The Morgan fingerprint density at radius 3 is 2.40 bits per heavy atom. The van der Waals surface area contributed by atoms with Crippen molar-refractivity contribution in [1.82, 2.24) is 4.90 Å². The van der Waals surface area contributed by atoms with Crippen molar-refractivity contribution in [1.29, 1.82) is 0 Å². The molecule has 0 bridgehead atoms. The van der Waals surface area contributed by atoms with Crippen molar-refractivity contribution in [3.63, 3.8) is 0 Å². The summed E-state index contributed by atoms with van der Waals surface area (Å²) in [5.41, 5.74) is 2.36. The molecule has 0 aromatic heterocycles. The predicted octanol–water partition coefficient (Wildman–Crippen LogP) is 4.47. The topological polar surface area (TPSA) is 54.5 Å². The molecule has 1 fully saturated rings. The number of hydrogen-bond acceptors (Lipinski definition) is 3. The van der Waals surface area contributed by atoms with Crippen molar-refractivity contribution >= 4 is 17.5 Å². The molecular weight excluding hydrogens is 381 g/mol. The van der Waals surface area contributed by atoms with Crippen molar-refractivity contribution in [3.05, 3.63) is 71.0 Å². The molecule has 0 N–H and O–H groups in total. The molecule has 4 rings (SSSR count). The maximum Gasteiger partial charge on any atom is 0.223 e. The number of aryl methyl sites for hydroxylation is 1. The van der Waals surface area contributed by atoms with Crippen LogP contribution in [-0.2, 0) is 11.2 Å². The van der Waals surface area contributed by atoms with Gasteiger partial charge >= 0.3 is 0 Å². The molecule has 2 aromatic rings. The number of carbonyl (C=O) groups excluding carboxylic acids is 3. The number of nitrogens with zero attached hydrogens (tertiary/aromatic N) is 1. The number of Topliss-reactive ketones (excluding diaryl/α,β-unsaturated/α-hetero) is 2. The lowest BCUT2D eigenvalue weighted by Gasteiger charge is -2.32. The number of benzene rings is 2. The Balaban J connectivity index is 1.34. The van der Waals surface area contributed by atoms with E-state index in [9.17, 15) is 18.8 Å². The van der Waals surface area contributed by atoms with E-state index in [1.165, 1.54) is 24.3 Å². The van der Waals surface area contributed by atoms with Crippen LogP contribution in [0.5, 0.6) is 0 Å². The van der Waals surface area contributed by atoms with E-state index in [1.54, 1.807) is 4.90 Å². The fraction of sp³-hybridized carbons (Fsp3) is 0.400. The van der Waals surface area contributed by atoms with Gasteiger partial charge in [-0.05, 0) is 61.9 Å². The number of rotatable bonds is 4. The number of hydrogen-bond donors (Lipinski definition) is 0. The number of ketones is 2. The van der Waals surface area contributed by atoms with Gasteiger partial charge in [0.25, 0.3) is 0 Å². The largest absolute Gasteiger partial charge is 0.343 e. The molecule has 2 aromatic carbocycles. The Hall–Kier alpha value is -2.82. The lowest BCUT2D eigenvalue weighted by molar-refractivity contribution is -0.133. The third-order valence-electron chi connectivity index (χ3n) is 6.42. The van der Waals surface area contributed by atoms with Gasteiger partial charge in [0.05, 0.1) is 0 Å². The highest BCUT2D eigenvalue weighted by Crippen LogP contribution is 2.28. The summed E-state index contributed by atoms with van der Waals surface area (Å²) in [4.78, 5) is 40.2. The lowest BCUT2D eigenvalue weighted by Crippen LogP contribution is -2.41. The van der Waals surface area contributed by atoms with E-state index in [2.05, 4.69) is 0 Å². The van der Waals surface area contributed by atoms with Crippen molar-refractivity contribution in [3.8, 4) is 0 Å². The summed E-state index contributed by atoms with van der Waals surface area (Å²) in [6.45, 7) is 1.04. The van der Waals surface area contributed by atoms with E-state index < -0.39 is 0 Å². The first kappa shape index (κ1) is 20.5. The Morgan fingerprint density at radius 2 is 1.67 bits per heavy atom. The summed E-state index contributed by atoms with van der Waals surface area (Å²) in [5.74, 6) is -0.677. The zero-order chi connectivity index (χ0) is 21.1. The molecule has 1 atom stereocenters. The SMILES string of the molecule is O=C(c1ccc(F)cc1)C1CCN(C(=O)CC2CCCc3ccccc3C2=O)CC1. The molecule has 0 radical (unpaired) electrons. The van der Waals surface area contributed by atoms with Crippen LogP contribution in [-0.4, -0.2) is 35.5 Å². The van der Waals surface area contributed by atoms with Crippen molar-refractivity contribution < 1.29 is 18.8 Å².